The monoisotopic (exact) mass is 395 g/mol. The van der Waals surface area contributed by atoms with E-state index in [4.69, 9.17) is 9.47 Å². The van der Waals surface area contributed by atoms with E-state index in [0.717, 1.165) is 5.82 Å². The zero-order chi connectivity index (χ0) is 20.2. The fourth-order valence-corrected chi connectivity index (χ4v) is 3.30. The molecule has 0 N–H and O–H groups in total. The van der Waals surface area contributed by atoms with Crippen LogP contribution in [0, 0.1) is 0 Å². The Morgan fingerprint density at radius 1 is 0.966 bits per heavy atom. The zero-order valence-electron chi connectivity index (χ0n) is 16.2. The number of benzene rings is 1. The first-order chi connectivity index (χ1) is 14.2. The van der Waals surface area contributed by atoms with E-state index in [1.54, 1.807) is 36.3 Å². The van der Waals surface area contributed by atoms with Gasteiger partial charge in [-0.05, 0) is 24.3 Å². The molecule has 150 valence electrons. The van der Waals surface area contributed by atoms with Crippen LogP contribution in [0.2, 0.25) is 0 Å². The molecular formula is C19H21N7O3. The Morgan fingerprint density at radius 2 is 1.72 bits per heavy atom. The predicted molar refractivity (Wildman–Crippen MR) is 105 cm³/mol. The Balaban J connectivity index is 1.42. The molecule has 10 heteroatoms. The van der Waals surface area contributed by atoms with Crippen LogP contribution in [0.4, 0.5) is 5.82 Å². The van der Waals surface area contributed by atoms with Gasteiger partial charge in [0.1, 0.15) is 12.7 Å². The van der Waals surface area contributed by atoms with Crippen molar-refractivity contribution in [2.24, 2.45) is 0 Å². The fourth-order valence-electron chi connectivity index (χ4n) is 3.30. The zero-order valence-corrected chi connectivity index (χ0v) is 16.2. The van der Waals surface area contributed by atoms with Crippen molar-refractivity contribution in [2.45, 2.75) is 0 Å². The molecule has 0 unspecified atom stereocenters. The van der Waals surface area contributed by atoms with Crippen LogP contribution < -0.4 is 14.4 Å². The molecule has 29 heavy (non-hydrogen) atoms. The Bertz CT molecular complexity index is 968. The molecule has 1 aromatic carbocycles. The van der Waals surface area contributed by atoms with Crippen molar-refractivity contribution in [3.8, 4) is 17.3 Å². The normalized spacial score (nSPS) is 14.0. The van der Waals surface area contributed by atoms with Crippen LogP contribution in [0.5, 0.6) is 11.5 Å². The number of carbonyl (C=O) groups is 1. The SMILES string of the molecule is COc1cccc(C(=O)N2CCN(c3ccc(-n4cncn4)nn3)CC2)c1OC. The van der Waals surface area contributed by atoms with Gasteiger partial charge in [0.25, 0.3) is 5.91 Å². The third-order valence-electron chi connectivity index (χ3n) is 4.81. The Hall–Kier alpha value is -3.69. The quantitative estimate of drug-likeness (QED) is 0.632. The number of piperazine rings is 1. The summed E-state index contributed by atoms with van der Waals surface area (Å²) in [6.07, 6.45) is 3.02. The van der Waals surface area contributed by atoms with Crippen molar-refractivity contribution >= 4 is 11.7 Å². The Kier molecular flexibility index (Phi) is 5.23. The molecule has 0 atom stereocenters. The van der Waals surface area contributed by atoms with Crippen LogP contribution >= 0.6 is 0 Å². The third kappa shape index (κ3) is 3.68. The van der Waals surface area contributed by atoms with Crippen LogP contribution in [0.1, 0.15) is 10.4 Å². The van der Waals surface area contributed by atoms with Gasteiger partial charge < -0.3 is 19.3 Å². The third-order valence-corrected chi connectivity index (χ3v) is 4.81. The van der Waals surface area contributed by atoms with Gasteiger partial charge in [0, 0.05) is 26.2 Å². The van der Waals surface area contributed by atoms with E-state index in [2.05, 4.69) is 25.2 Å². The van der Waals surface area contributed by atoms with E-state index in [1.807, 2.05) is 17.0 Å². The number of ether oxygens (including phenoxy) is 2. The van der Waals surface area contributed by atoms with Crippen molar-refractivity contribution < 1.29 is 14.3 Å². The van der Waals surface area contributed by atoms with E-state index >= 15 is 0 Å². The van der Waals surface area contributed by atoms with Crippen molar-refractivity contribution in [1.29, 1.82) is 0 Å². The number of aromatic nitrogens is 5. The number of carbonyl (C=O) groups excluding carboxylic acids is 1. The molecule has 0 saturated carbocycles. The minimum absolute atomic E-state index is 0.0759. The topological polar surface area (TPSA) is 98.5 Å². The number of hydrogen-bond acceptors (Lipinski definition) is 8. The summed E-state index contributed by atoms with van der Waals surface area (Å²) in [5.74, 6) is 2.29. The van der Waals surface area contributed by atoms with Crippen LogP contribution in [-0.2, 0) is 0 Å². The Morgan fingerprint density at radius 3 is 2.34 bits per heavy atom. The van der Waals surface area contributed by atoms with Crippen molar-refractivity contribution in [1.82, 2.24) is 29.9 Å². The van der Waals surface area contributed by atoms with Crippen LogP contribution in [0.3, 0.4) is 0 Å². The summed E-state index contributed by atoms with van der Waals surface area (Å²) in [6, 6.07) is 9.05. The first kappa shape index (κ1) is 18.7. The lowest BCUT2D eigenvalue weighted by molar-refractivity contribution is 0.0742. The van der Waals surface area contributed by atoms with Crippen LogP contribution in [-0.4, -0.2) is 76.2 Å². The molecule has 0 bridgehead atoms. The minimum Gasteiger partial charge on any atom is -0.493 e. The first-order valence-electron chi connectivity index (χ1n) is 9.15. The highest BCUT2D eigenvalue weighted by atomic mass is 16.5. The second-order valence-corrected chi connectivity index (χ2v) is 6.41. The molecule has 0 spiro atoms. The maximum Gasteiger partial charge on any atom is 0.257 e. The number of rotatable bonds is 5. The number of nitrogens with zero attached hydrogens (tertiary/aromatic N) is 7. The second-order valence-electron chi connectivity index (χ2n) is 6.41. The molecule has 10 nitrogen and oxygen atoms in total. The number of anilines is 1. The van der Waals surface area contributed by atoms with E-state index in [-0.39, 0.29) is 5.91 Å². The van der Waals surface area contributed by atoms with Crippen LogP contribution in [0.25, 0.3) is 5.82 Å². The minimum atomic E-state index is -0.0759. The summed E-state index contributed by atoms with van der Waals surface area (Å²) in [4.78, 5) is 20.8. The fraction of sp³-hybridized carbons (Fsp3) is 0.316. The summed E-state index contributed by atoms with van der Waals surface area (Å²) >= 11 is 0. The second kappa shape index (κ2) is 8.13. The molecule has 1 saturated heterocycles. The number of methoxy groups -OCH3 is 2. The van der Waals surface area contributed by atoms with Gasteiger partial charge in [-0.15, -0.1) is 10.2 Å². The lowest BCUT2D eigenvalue weighted by Crippen LogP contribution is -2.49. The largest absolute Gasteiger partial charge is 0.493 e. The van der Waals surface area contributed by atoms with E-state index in [9.17, 15) is 4.79 Å². The van der Waals surface area contributed by atoms with Crippen molar-refractivity contribution in [3.63, 3.8) is 0 Å². The van der Waals surface area contributed by atoms with Gasteiger partial charge in [-0.25, -0.2) is 9.67 Å². The molecular weight excluding hydrogens is 374 g/mol. The highest BCUT2D eigenvalue weighted by Gasteiger charge is 2.26. The molecule has 4 rings (SSSR count). The van der Waals surface area contributed by atoms with Gasteiger partial charge in [0.15, 0.2) is 23.1 Å². The summed E-state index contributed by atoms with van der Waals surface area (Å²) in [7, 11) is 3.09. The number of para-hydroxylation sites is 1. The lowest BCUT2D eigenvalue weighted by Gasteiger charge is -2.35. The van der Waals surface area contributed by atoms with Gasteiger partial charge in [-0.2, -0.15) is 5.10 Å². The van der Waals surface area contributed by atoms with Gasteiger partial charge in [-0.3, -0.25) is 4.79 Å². The summed E-state index contributed by atoms with van der Waals surface area (Å²) in [6.45, 7) is 2.47. The predicted octanol–water partition coefficient (Wildman–Crippen LogP) is 1.04. The average Bonchev–Trinajstić information content (AvgIpc) is 3.33. The average molecular weight is 395 g/mol. The van der Waals surface area contributed by atoms with Crippen LogP contribution in [0.15, 0.2) is 43.0 Å². The molecule has 0 radical (unpaired) electrons. The maximum atomic E-state index is 13.0. The van der Waals surface area contributed by atoms with Gasteiger partial charge in [-0.1, -0.05) is 6.07 Å². The van der Waals surface area contributed by atoms with Crippen molar-refractivity contribution in [2.75, 3.05) is 45.3 Å². The summed E-state index contributed by atoms with van der Waals surface area (Å²) in [5.41, 5.74) is 0.497. The maximum absolute atomic E-state index is 13.0. The van der Waals surface area contributed by atoms with E-state index in [1.165, 1.54) is 13.4 Å². The summed E-state index contributed by atoms with van der Waals surface area (Å²) < 4.78 is 12.2. The molecule has 1 aliphatic heterocycles. The molecule has 3 aromatic rings. The Labute approximate surface area is 167 Å². The summed E-state index contributed by atoms with van der Waals surface area (Å²) in [5, 5.41) is 12.5. The molecule has 2 aromatic heterocycles. The van der Waals surface area contributed by atoms with Crippen molar-refractivity contribution in [3.05, 3.63) is 48.5 Å². The van der Waals surface area contributed by atoms with E-state index in [0.29, 0.717) is 49.1 Å². The van der Waals surface area contributed by atoms with Gasteiger partial charge in [0.2, 0.25) is 0 Å². The standard InChI is InChI=1S/C19H21N7O3/c1-28-15-5-3-4-14(18(15)29-2)19(27)25-10-8-24(9-11-25)16-6-7-17(23-22-16)26-13-20-12-21-26/h3-7,12-13H,8-11H2,1-2H3. The molecule has 1 aliphatic rings. The van der Waals surface area contributed by atoms with Gasteiger partial charge >= 0.3 is 0 Å². The number of amides is 1. The van der Waals surface area contributed by atoms with E-state index < -0.39 is 0 Å². The molecule has 0 aliphatic carbocycles. The van der Waals surface area contributed by atoms with Gasteiger partial charge in [0.05, 0.1) is 19.8 Å². The molecule has 1 fully saturated rings. The smallest absolute Gasteiger partial charge is 0.257 e. The molecule has 1 amide bonds. The number of hydrogen-bond donors (Lipinski definition) is 0. The highest BCUT2D eigenvalue weighted by Crippen LogP contribution is 2.31. The lowest BCUT2D eigenvalue weighted by atomic mass is 10.1. The molecule has 3 heterocycles. The highest BCUT2D eigenvalue weighted by molar-refractivity contribution is 5.98. The first-order valence-corrected chi connectivity index (χ1v) is 9.15.